The Morgan fingerprint density at radius 3 is 1.85 bits per heavy atom. The van der Waals surface area contributed by atoms with Crippen LogP contribution in [0.15, 0.2) is 174 Å². The van der Waals surface area contributed by atoms with Crippen LogP contribution < -0.4 is 0 Å². The number of aromatic nitrogens is 3. The molecule has 0 fully saturated rings. The van der Waals surface area contributed by atoms with E-state index in [0.29, 0.717) is 28.6 Å². The van der Waals surface area contributed by atoms with E-state index >= 15 is 0 Å². The summed E-state index contributed by atoms with van der Waals surface area (Å²) in [6, 6.07) is 57.0. The van der Waals surface area contributed by atoms with E-state index in [1.807, 2.05) is 91.0 Å². The van der Waals surface area contributed by atoms with Gasteiger partial charge in [0.25, 0.3) is 0 Å². The van der Waals surface area contributed by atoms with E-state index in [4.69, 9.17) is 19.4 Å². The van der Waals surface area contributed by atoms with E-state index < -0.39 is 0 Å². The van der Waals surface area contributed by atoms with Crippen molar-refractivity contribution in [2.45, 2.75) is 0 Å². The first kappa shape index (κ1) is 29.8. The summed E-state index contributed by atoms with van der Waals surface area (Å²) in [6.45, 7) is 0. The van der Waals surface area contributed by atoms with Crippen LogP contribution in [0.1, 0.15) is 0 Å². The van der Waals surface area contributed by atoms with Gasteiger partial charge in [-0.25, -0.2) is 15.0 Å². The Morgan fingerprint density at radius 2 is 0.981 bits per heavy atom. The van der Waals surface area contributed by atoms with Crippen molar-refractivity contribution < 1.29 is 9.52 Å². The topological polar surface area (TPSA) is 72.0 Å². The highest BCUT2D eigenvalue weighted by Gasteiger charge is 2.20. The van der Waals surface area contributed by atoms with Crippen molar-refractivity contribution in [1.29, 1.82) is 0 Å². The monoisotopic (exact) mass is 667 g/mol. The number of hydrogen-bond acceptors (Lipinski definition) is 5. The van der Waals surface area contributed by atoms with Crippen molar-refractivity contribution in [3.8, 4) is 62.2 Å². The van der Waals surface area contributed by atoms with Gasteiger partial charge in [0.05, 0.1) is 0 Å². The van der Waals surface area contributed by atoms with Crippen molar-refractivity contribution in [2.75, 3.05) is 0 Å². The van der Waals surface area contributed by atoms with Crippen LogP contribution in [0.5, 0.6) is 5.75 Å². The van der Waals surface area contributed by atoms with Crippen LogP contribution in [0, 0.1) is 0 Å². The molecular formula is C47H29N3O2. The number of fused-ring (bicyclic) bond motifs is 6. The lowest BCUT2D eigenvalue weighted by atomic mass is 9.93. The van der Waals surface area contributed by atoms with Gasteiger partial charge in [0, 0.05) is 33.0 Å². The maximum atomic E-state index is 11.6. The number of rotatable bonds is 5. The van der Waals surface area contributed by atoms with Crippen molar-refractivity contribution in [3.63, 3.8) is 0 Å². The van der Waals surface area contributed by atoms with Gasteiger partial charge >= 0.3 is 0 Å². The maximum Gasteiger partial charge on any atom is 0.164 e. The third-order valence-electron chi connectivity index (χ3n) is 9.82. The standard InChI is InChI=1S/C47H29N3O2/c51-40-24-11-23-38(43(40)32-17-10-16-30(27-32)34-22-12-26-42-44(34)37-21-8-9-25-41(37)52-42)46-48-45(29-13-2-1-3-14-29)49-47(50-46)39-28-31-15-4-5-18-33(31)35-19-6-7-20-36(35)39/h1-28,51H. The number of hydrogen-bond donors (Lipinski definition) is 1. The highest BCUT2D eigenvalue weighted by atomic mass is 16.3. The van der Waals surface area contributed by atoms with Crippen LogP contribution in [-0.2, 0) is 0 Å². The molecule has 0 saturated heterocycles. The second kappa shape index (κ2) is 12.0. The largest absolute Gasteiger partial charge is 0.507 e. The molecule has 8 aromatic carbocycles. The Bertz CT molecular complexity index is 2990. The summed E-state index contributed by atoms with van der Waals surface area (Å²) in [6.07, 6.45) is 0. The first-order chi connectivity index (χ1) is 25.7. The molecule has 0 radical (unpaired) electrons. The smallest absolute Gasteiger partial charge is 0.164 e. The molecular weight excluding hydrogens is 639 g/mol. The number of nitrogens with zero attached hydrogens (tertiary/aromatic N) is 3. The van der Waals surface area contributed by atoms with Gasteiger partial charge in [0.2, 0.25) is 0 Å². The Kier molecular flexibility index (Phi) is 6.89. The van der Waals surface area contributed by atoms with E-state index in [9.17, 15) is 5.11 Å². The molecule has 0 amide bonds. The van der Waals surface area contributed by atoms with Crippen LogP contribution in [0.25, 0.3) is 99.9 Å². The molecule has 2 aromatic heterocycles. The molecule has 0 bridgehead atoms. The van der Waals surface area contributed by atoms with Crippen molar-refractivity contribution in [2.24, 2.45) is 0 Å². The number of para-hydroxylation sites is 1. The third kappa shape index (κ3) is 4.90. The first-order valence-electron chi connectivity index (χ1n) is 17.3. The normalized spacial score (nSPS) is 11.5. The zero-order valence-corrected chi connectivity index (χ0v) is 27.9. The zero-order valence-electron chi connectivity index (χ0n) is 27.9. The molecule has 0 saturated carbocycles. The van der Waals surface area contributed by atoms with Crippen molar-refractivity contribution >= 4 is 43.5 Å². The fraction of sp³-hybridized carbons (Fsp3) is 0. The third-order valence-corrected chi connectivity index (χ3v) is 9.82. The predicted molar refractivity (Wildman–Crippen MR) is 211 cm³/mol. The van der Waals surface area contributed by atoms with E-state index in [0.717, 1.165) is 65.9 Å². The van der Waals surface area contributed by atoms with Gasteiger partial charge in [0.1, 0.15) is 16.9 Å². The molecule has 10 rings (SSSR count). The van der Waals surface area contributed by atoms with Crippen LogP contribution in [-0.4, -0.2) is 20.1 Å². The first-order valence-corrected chi connectivity index (χ1v) is 17.3. The fourth-order valence-corrected chi connectivity index (χ4v) is 7.46. The van der Waals surface area contributed by atoms with Crippen molar-refractivity contribution in [3.05, 3.63) is 170 Å². The van der Waals surface area contributed by atoms with Gasteiger partial charge in [-0.05, 0) is 68.6 Å². The number of aromatic hydroxyl groups is 1. The van der Waals surface area contributed by atoms with Crippen LogP contribution in [0.2, 0.25) is 0 Å². The lowest BCUT2D eigenvalue weighted by molar-refractivity contribution is 0.477. The second-order valence-electron chi connectivity index (χ2n) is 12.9. The summed E-state index contributed by atoms with van der Waals surface area (Å²) in [7, 11) is 0. The Labute approximate surface area is 299 Å². The molecule has 5 nitrogen and oxygen atoms in total. The van der Waals surface area contributed by atoms with Crippen LogP contribution >= 0.6 is 0 Å². The fourth-order valence-electron chi connectivity index (χ4n) is 7.46. The highest BCUT2D eigenvalue weighted by molar-refractivity contribution is 6.14. The maximum absolute atomic E-state index is 11.6. The van der Waals surface area contributed by atoms with Gasteiger partial charge in [-0.15, -0.1) is 0 Å². The molecule has 0 aliphatic heterocycles. The summed E-state index contributed by atoms with van der Waals surface area (Å²) >= 11 is 0. The molecule has 10 aromatic rings. The van der Waals surface area contributed by atoms with Crippen LogP contribution in [0.3, 0.4) is 0 Å². The average Bonchev–Trinajstić information content (AvgIpc) is 3.60. The summed E-state index contributed by atoms with van der Waals surface area (Å²) in [4.78, 5) is 15.3. The number of furan rings is 1. The average molecular weight is 668 g/mol. The van der Waals surface area contributed by atoms with Gasteiger partial charge in [-0.3, -0.25) is 0 Å². The summed E-state index contributed by atoms with van der Waals surface area (Å²) in [5.41, 5.74) is 7.73. The number of phenols is 1. The highest BCUT2D eigenvalue weighted by Crippen LogP contribution is 2.42. The number of phenolic OH excluding ortho intramolecular Hbond substituents is 1. The molecule has 0 unspecified atom stereocenters. The SMILES string of the molecule is Oc1cccc(-c2nc(-c3ccccc3)nc(-c3cc4ccccc4c4ccccc34)n2)c1-c1cccc(-c2cccc3oc4ccccc4c23)c1. The molecule has 244 valence electrons. The van der Waals surface area contributed by atoms with E-state index in [2.05, 4.69) is 72.8 Å². The van der Waals surface area contributed by atoms with E-state index in [-0.39, 0.29) is 5.75 Å². The second-order valence-corrected chi connectivity index (χ2v) is 12.9. The van der Waals surface area contributed by atoms with Gasteiger partial charge in [0.15, 0.2) is 17.5 Å². The molecule has 0 aliphatic rings. The molecule has 0 atom stereocenters. The van der Waals surface area contributed by atoms with Gasteiger partial charge in [-0.2, -0.15) is 0 Å². The quantitative estimate of drug-likeness (QED) is 0.185. The minimum atomic E-state index is 0.140. The predicted octanol–water partition coefficient (Wildman–Crippen LogP) is 12.1. The van der Waals surface area contributed by atoms with Gasteiger partial charge in [-0.1, -0.05) is 140 Å². The molecule has 2 heterocycles. The zero-order chi connectivity index (χ0) is 34.6. The number of benzene rings is 8. The molecule has 5 heteroatoms. The lowest BCUT2D eigenvalue weighted by Crippen LogP contribution is -2.01. The molecule has 1 N–H and O–H groups in total. The Balaban J connectivity index is 1.19. The summed E-state index contributed by atoms with van der Waals surface area (Å²) in [5.74, 6) is 1.73. The summed E-state index contributed by atoms with van der Waals surface area (Å²) in [5, 5.41) is 18.2. The Hall–Kier alpha value is -7.11. The molecule has 0 aliphatic carbocycles. The minimum absolute atomic E-state index is 0.140. The van der Waals surface area contributed by atoms with Crippen molar-refractivity contribution in [1.82, 2.24) is 15.0 Å². The Morgan fingerprint density at radius 1 is 0.385 bits per heavy atom. The van der Waals surface area contributed by atoms with Crippen LogP contribution in [0.4, 0.5) is 0 Å². The molecule has 52 heavy (non-hydrogen) atoms. The summed E-state index contributed by atoms with van der Waals surface area (Å²) < 4.78 is 6.21. The van der Waals surface area contributed by atoms with E-state index in [1.165, 1.54) is 5.39 Å². The molecule has 0 spiro atoms. The van der Waals surface area contributed by atoms with E-state index in [1.54, 1.807) is 6.07 Å². The minimum Gasteiger partial charge on any atom is -0.507 e. The van der Waals surface area contributed by atoms with Gasteiger partial charge < -0.3 is 9.52 Å². The lowest BCUT2D eigenvalue weighted by Gasteiger charge is -2.15.